The summed E-state index contributed by atoms with van der Waals surface area (Å²) >= 11 is 1.21. The van der Waals surface area contributed by atoms with Crippen molar-refractivity contribution in [3.05, 3.63) is 30.3 Å². The molecule has 6 heteroatoms. The first-order valence-corrected chi connectivity index (χ1v) is 6.33. The number of nitrogens with zero attached hydrogens (tertiary/aromatic N) is 2. The van der Waals surface area contributed by atoms with E-state index < -0.39 is 5.54 Å². The van der Waals surface area contributed by atoms with Gasteiger partial charge in [0.1, 0.15) is 0 Å². The van der Waals surface area contributed by atoms with Crippen LogP contribution in [0, 0.1) is 0 Å². The summed E-state index contributed by atoms with van der Waals surface area (Å²) in [6, 6.07) is 9.65. The summed E-state index contributed by atoms with van der Waals surface area (Å²) in [4.78, 5) is 4.34. The van der Waals surface area contributed by atoms with Gasteiger partial charge in [-0.25, -0.2) is 0 Å². The summed E-state index contributed by atoms with van der Waals surface area (Å²) in [5, 5.41) is 22.0. The van der Waals surface area contributed by atoms with Crippen LogP contribution in [0.5, 0.6) is 0 Å². The van der Waals surface area contributed by atoms with Crippen LogP contribution in [-0.2, 0) is 0 Å². The summed E-state index contributed by atoms with van der Waals surface area (Å²) < 4.78 is 4.24. The number of anilines is 1. The highest BCUT2D eigenvalue weighted by atomic mass is 32.1. The molecule has 2 aromatic rings. The van der Waals surface area contributed by atoms with Crippen molar-refractivity contribution < 1.29 is 10.2 Å². The Hall–Kier alpha value is -1.50. The predicted molar refractivity (Wildman–Crippen MR) is 71.5 cm³/mol. The van der Waals surface area contributed by atoms with E-state index in [1.807, 2.05) is 30.3 Å². The van der Waals surface area contributed by atoms with Gasteiger partial charge in [0.25, 0.3) is 0 Å². The van der Waals surface area contributed by atoms with E-state index in [1.54, 1.807) is 6.92 Å². The zero-order valence-corrected chi connectivity index (χ0v) is 10.8. The van der Waals surface area contributed by atoms with Gasteiger partial charge in [-0.2, -0.15) is 9.36 Å². The fourth-order valence-corrected chi connectivity index (χ4v) is 2.10. The molecule has 0 amide bonds. The van der Waals surface area contributed by atoms with Crippen molar-refractivity contribution in [1.29, 1.82) is 0 Å². The molecule has 0 saturated heterocycles. The lowest BCUT2D eigenvalue weighted by atomic mass is 10.1. The molecule has 0 radical (unpaired) electrons. The van der Waals surface area contributed by atoms with E-state index in [1.165, 1.54) is 11.5 Å². The second-order valence-corrected chi connectivity index (χ2v) is 5.04. The molecule has 1 aromatic heterocycles. The minimum atomic E-state index is -0.784. The highest BCUT2D eigenvalue weighted by Crippen LogP contribution is 2.23. The molecule has 2 rings (SSSR count). The number of nitrogens with one attached hydrogen (secondary N) is 1. The molecule has 0 aliphatic rings. The lowest BCUT2D eigenvalue weighted by molar-refractivity contribution is 0.147. The highest BCUT2D eigenvalue weighted by molar-refractivity contribution is 7.09. The molecular formula is C12H15N3O2S. The van der Waals surface area contributed by atoms with Crippen LogP contribution in [0.15, 0.2) is 30.3 Å². The normalized spacial score (nSPS) is 11.5. The Balaban J connectivity index is 2.16. The summed E-state index contributed by atoms with van der Waals surface area (Å²) in [5.41, 5.74) is 0.157. The third-order valence-electron chi connectivity index (χ3n) is 2.56. The van der Waals surface area contributed by atoms with Crippen LogP contribution in [0.1, 0.15) is 6.92 Å². The Labute approximate surface area is 109 Å². The Morgan fingerprint density at radius 3 is 2.50 bits per heavy atom. The van der Waals surface area contributed by atoms with Crippen molar-refractivity contribution >= 4 is 16.7 Å². The van der Waals surface area contributed by atoms with Gasteiger partial charge in [0.15, 0.2) is 5.82 Å². The van der Waals surface area contributed by atoms with Crippen molar-refractivity contribution in [1.82, 2.24) is 9.36 Å². The first-order valence-electron chi connectivity index (χ1n) is 5.56. The Morgan fingerprint density at radius 1 is 1.22 bits per heavy atom. The number of aliphatic hydroxyl groups is 2. The standard InChI is InChI=1S/C12H15N3O2S/c1-12(7-16,8-17)14-11-13-10(15-18-11)9-5-3-2-4-6-9/h2-6,16-17H,7-8H2,1H3,(H,13,14,15). The average Bonchev–Trinajstić information content (AvgIpc) is 2.88. The lowest BCUT2D eigenvalue weighted by Gasteiger charge is -2.25. The van der Waals surface area contributed by atoms with E-state index in [-0.39, 0.29) is 13.2 Å². The zero-order valence-electron chi connectivity index (χ0n) is 10.00. The number of hydrogen-bond donors (Lipinski definition) is 3. The minimum absolute atomic E-state index is 0.177. The van der Waals surface area contributed by atoms with Crippen molar-refractivity contribution in [3.63, 3.8) is 0 Å². The number of benzene rings is 1. The van der Waals surface area contributed by atoms with Crippen molar-refractivity contribution in [3.8, 4) is 11.4 Å². The monoisotopic (exact) mass is 265 g/mol. The van der Waals surface area contributed by atoms with Gasteiger partial charge in [0, 0.05) is 17.1 Å². The van der Waals surface area contributed by atoms with Gasteiger partial charge in [-0.15, -0.1) is 0 Å². The van der Waals surface area contributed by atoms with Gasteiger partial charge in [-0.05, 0) is 6.92 Å². The number of aromatic nitrogens is 2. The molecule has 0 spiro atoms. The molecule has 1 aromatic carbocycles. The van der Waals surface area contributed by atoms with Crippen LogP contribution < -0.4 is 5.32 Å². The van der Waals surface area contributed by atoms with Crippen LogP contribution in [0.25, 0.3) is 11.4 Å². The van der Waals surface area contributed by atoms with Crippen LogP contribution in [0.2, 0.25) is 0 Å². The number of hydrogen-bond acceptors (Lipinski definition) is 6. The minimum Gasteiger partial charge on any atom is -0.394 e. The molecule has 0 saturated carbocycles. The van der Waals surface area contributed by atoms with Crippen molar-refractivity contribution in [2.75, 3.05) is 18.5 Å². The van der Waals surface area contributed by atoms with Gasteiger partial charge < -0.3 is 15.5 Å². The maximum atomic E-state index is 9.20. The van der Waals surface area contributed by atoms with Gasteiger partial charge in [-0.3, -0.25) is 0 Å². The molecule has 0 unspecified atom stereocenters. The van der Waals surface area contributed by atoms with Crippen molar-refractivity contribution in [2.24, 2.45) is 0 Å². The SMILES string of the molecule is CC(CO)(CO)Nc1nc(-c2ccccc2)ns1. The summed E-state index contributed by atoms with van der Waals surface area (Å²) in [5.74, 6) is 0.640. The van der Waals surface area contributed by atoms with E-state index in [0.29, 0.717) is 11.0 Å². The lowest BCUT2D eigenvalue weighted by Crippen LogP contribution is -2.42. The first kappa shape index (κ1) is 12.9. The average molecular weight is 265 g/mol. The predicted octanol–water partition coefficient (Wildman–Crippen LogP) is 1.36. The smallest absolute Gasteiger partial charge is 0.203 e. The van der Waals surface area contributed by atoms with E-state index >= 15 is 0 Å². The highest BCUT2D eigenvalue weighted by Gasteiger charge is 2.23. The summed E-state index contributed by atoms with van der Waals surface area (Å²) in [6.07, 6.45) is 0. The first-order chi connectivity index (χ1) is 8.67. The van der Waals surface area contributed by atoms with Crippen LogP contribution >= 0.6 is 11.5 Å². The maximum absolute atomic E-state index is 9.20. The third-order valence-corrected chi connectivity index (χ3v) is 3.20. The van der Waals surface area contributed by atoms with Gasteiger partial charge in [0.05, 0.1) is 18.8 Å². The van der Waals surface area contributed by atoms with Crippen LogP contribution in [-0.4, -0.2) is 38.3 Å². The van der Waals surface area contributed by atoms with E-state index in [9.17, 15) is 10.2 Å². The fourth-order valence-electron chi connectivity index (χ4n) is 1.37. The number of aliphatic hydroxyl groups excluding tert-OH is 2. The molecular weight excluding hydrogens is 250 g/mol. The van der Waals surface area contributed by atoms with Gasteiger partial charge >= 0.3 is 0 Å². The summed E-state index contributed by atoms with van der Waals surface area (Å²) in [6.45, 7) is 1.37. The Bertz CT molecular complexity index is 497. The van der Waals surface area contributed by atoms with Gasteiger partial charge in [0.2, 0.25) is 5.13 Å². The molecule has 18 heavy (non-hydrogen) atoms. The third kappa shape index (κ3) is 2.84. The molecule has 3 N–H and O–H groups in total. The van der Waals surface area contributed by atoms with E-state index in [2.05, 4.69) is 14.7 Å². The molecule has 0 fully saturated rings. The maximum Gasteiger partial charge on any atom is 0.203 e. The number of rotatable bonds is 5. The second kappa shape index (κ2) is 5.43. The molecule has 0 aliphatic heterocycles. The van der Waals surface area contributed by atoms with Crippen LogP contribution in [0.3, 0.4) is 0 Å². The summed E-state index contributed by atoms with van der Waals surface area (Å²) in [7, 11) is 0. The fraction of sp³-hybridized carbons (Fsp3) is 0.333. The Morgan fingerprint density at radius 2 is 1.89 bits per heavy atom. The topological polar surface area (TPSA) is 78.3 Å². The molecule has 0 aliphatic carbocycles. The molecule has 5 nitrogen and oxygen atoms in total. The molecule has 0 atom stereocenters. The Kier molecular flexibility index (Phi) is 3.90. The van der Waals surface area contributed by atoms with Crippen molar-refractivity contribution in [2.45, 2.75) is 12.5 Å². The van der Waals surface area contributed by atoms with Gasteiger partial charge in [-0.1, -0.05) is 30.3 Å². The van der Waals surface area contributed by atoms with E-state index in [0.717, 1.165) is 5.56 Å². The van der Waals surface area contributed by atoms with Crippen LogP contribution in [0.4, 0.5) is 5.13 Å². The quantitative estimate of drug-likeness (QED) is 0.761. The molecule has 96 valence electrons. The molecule has 1 heterocycles. The largest absolute Gasteiger partial charge is 0.394 e. The second-order valence-electron chi connectivity index (χ2n) is 4.29. The van der Waals surface area contributed by atoms with E-state index in [4.69, 9.17) is 0 Å². The molecule has 0 bridgehead atoms. The zero-order chi connectivity index (χ0) is 13.0.